The standard InChI is InChI=1S/C23H15ClN4O3.C13H11N.C10H5Cl2N3O3/c24-21-19(31-20-12-11-18(15-26-20)28(29)30)13-14-25-23(21)27-22(16-7-3-1-4-8-16)17-9-5-2-6-10-17;14-13(11-7-3-1-4-8-11)12-9-5-2-6-10-12;11-9-7(3-4-13-10(9)12)18-8-2-1-6(5-14-8)15(16)17/h1-15H;1-10,14H;1-5H. The molecule has 0 unspecified atom stereocenters. The quantitative estimate of drug-likeness (QED) is 0.0565. The van der Waals surface area contributed by atoms with E-state index in [1.54, 1.807) is 6.07 Å². The molecule has 14 nitrogen and oxygen atoms in total. The summed E-state index contributed by atoms with van der Waals surface area (Å²) < 4.78 is 11.0. The van der Waals surface area contributed by atoms with E-state index >= 15 is 0 Å². The van der Waals surface area contributed by atoms with E-state index in [9.17, 15) is 20.2 Å². The van der Waals surface area contributed by atoms with Crippen molar-refractivity contribution in [2.24, 2.45) is 4.99 Å². The average molecular weight is 898 g/mol. The summed E-state index contributed by atoms with van der Waals surface area (Å²) in [4.78, 5) is 40.7. The van der Waals surface area contributed by atoms with Crippen molar-refractivity contribution in [1.82, 2.24) is 19.9 Å². The monoisotopic (exact) mass is 896 g/mol. The van der Waals surface area contributed by atoms with Crippen LogP contribution in [0.5, 0.6) is 23.3 Å². The highest BCUT2D eigenvalue weighted by atomic mass is 35.5. The van der Waals surface area contributed by atoms with Crippen molar-refractivity contribution in [2.45, 2.75) is 0 Å². The first-order valence-corrected chi connectivity index (χ1v) is 19.6. The molecule has 0 fully saturated rings. The van der Waals surface area contributed by atoms with Gasteiger partial charge in [0.2, 0.25) is 11.8 Å². The minimum Gasteiger partial charge on any atom is -0.437 e. The van der Waals surface area contributed by atoms with Crippen LogP contribution in [-0.2, 0) is 0 Å². The normalized spacial score (nSPS) is 10.1. The summed E-state index contributed by atoms with van der Waals surface area (Å²) in [5, 5.41) is 29.7. The molecule has 0 aliphatic heterocycles. The Balaban J connectivity index is 0.000000174. The van der Waals surface area contributed by atoms with Gasteiger partial charge in [0.25, 0.3) is 11.4 Å². The summed E-state index contributed by atoms with van der Waals surface area (Å²) >= 11 is 18.1. The number of ether oxygens (including phenoxy) is 2. The van der Waals surface area contributed by atoms with Gasteiger partial charge in [0.15, 0.2) is 22.5 Å². The van der Waals surface area contributed by atoms with Crippen LogP contribution in [0.25, 0.3) is 0 Å². The van der Waals surface area contributed by atoms with E-state index in [1.165, 1.54) is 42.7 Å². The molecule has 0 radical (unpaired) electrons. The minimum absolute atomic E-state index is 0.107. The number of aromatic nitrogens is 4. The van der Waals surface area contributed by atoms with Gasteiger partial charge in [0.1, 0.15) is 22.4 Å². The molecule has 0 saturated heterocycles. The molecule has 1 N–H and O–H groups in total. The molecular formula is C46H31Cl3N8O6. The molecule has 8 aromatic rings. The van der Waals surface area contributed by atoms with Crippen molar-refractivity contribution in [3.05, 3.63) is 240 Å². The van der Waals surface area contributed by atoms with Crippen LogP contribution in [0.3, 0.4) is 0 Å². The van der Waals surface area contributed by atoms with Crippen molar-refractivity contribution in [2.75, 3.05) is 0 Å². The summed E-state index contributed by atoms with van der Waals surface area (Å²) in [7, 11) is 0. The largest absolute Gasteiger partial charge is 0.437 e. The van der Waals surface area contributed by atoms with Crippen LogP contribution in [0.2, 0.25) is 15.2 Å². The maximum atomic E-state index is 10.8. The lowest BCUT2D eigenvalue weighted by molar-refractivity contribution is -0.385. The van der Waals surface area contributed by atoms with E-state index in [0.29, 0.717) is 11.4 Å². The van der Waals surface area contributed by atoms with Crippen LogP contribution in [0, 0.1) is 25.6 Å². The van der Waals surface area contributed by atoms with Crippen molar-refractivity contribution in [3.8, 4) is 23.3 Å². The first kappa shape index (κ1) is 44.6. The number of nitrogens with one attached hydrogen (secondary N) is 1. The molecular weight excluding hydrogens is 867 g/mol. The van der Waals surface area contributed by atoms with E-state index in [0.717, 1.165) is 34.6 Å². The molecule has 0 amide bonds. The molecule has 0 aliphatic rings. The number of benzene rings is 4. The van der Waals surface area contributed by atoms with E-state index in [1.807, 2.05) is 121 Å². The zero-order valence-corrected chi connectivity index (χ0v) is 34.8. The lowest BCUT2D eigenvalue weighted by Gasteiger charge is -2.10. The van der Waals surface area contributed by atoms with Crippen LogP contribution in [0.4, 0.5) is 17.2 Å². The molecule has 17 heteroatoms. The van der Waals surface area contributed by atoms with Gasteiger partial charge in [0.05, 0.1) is 21.3 Å². The highest BCUT2D eigenvalue weighted by molar-refractivity contribution is 6.42. The zero-order valence-electron chi connectivity index (χ0n) is 32.5. The zero-order chi connectivity index (χ0) is 44.6. The maximum absolute atomic E-state index is 10.8. The number of hydrogen-bond acceptors (Lipinski definition) is 12. The third-order valence-electron chi connectivity index (χ3n) is 8.38. The number of hydrogen-bond donors (Lipinski definition) is 1. The summed E-state index contributed by atoms with van der Waals surface area (Å²) in [6, 6.07) is 47.4. The molecule has 0 atom stereocenters. The van der Waals surface area contributed by atoms with E-state index in [2.05, 4.69) is 19.9 Å². The van der Waals surface area contributed by atoms with Crippen molar-refractivity contribution < 1.29 is 19.3 Å². The first-order valence-electron chi connectivity index (χ1n) is 18.5. The number of pyridine rings is 4. The second kappa shape index (κ2) is 22.1. The Morgan fingerprint density at radius 2 is 0.905 bits per heavy atom. The predicted octanol–water partition coefficient (Wildman–Crippen LogP) is 12.6. The van der Waals surface area contributed by atoms with Gasteiger partial charge >= 0.3 is 0 Å². The lowest BCUT2D eigenvalue weighted by Crippen LogP contribution is -2.03. The summed E-state index contributed by atoms with van der Waals surface area (Å²) in [6.07, 6.45) is 5.16. The summed E-state index contributed by atoms with van der Waals surface area (Å²) in [5.41, 5.74) is 4.77. The Kier molecular flexibility index (Phi) is 15.6. The molecule has 0 bridgehead atoms. The van der Waals surface area contributed by atoms with Gasteiger partial charge in [-0.1, -0.05) is 156 Å². The number of halogens is 3. The minimum atomic E-state index is -0.549. The van der Waals surface area contributed by atoms with Crippen LogP contribution in [0.15, 0.2) is 188 Å². The van der Waals surface area contributed by atoms with Crippen LogP contribution >= 0.6 is 34.8 Å². The average Bonchev–Trinajstić information content (AvgIpc) is 3.32. The number of rotatable bonds is 11. The predicted molar refractivity (Wildman–Crippen MR) is 242 cm³/mol. The van der Waals surface area contributed by atoms with Crippen LogP contribution in [-0.4, -0.2) is 41.2 Å². The Morgan fingerprint density at radius 3 is 1.30 bits per heavy atom. The van der Waals surface area contributed by atoms with Crippen molar-refractivity contribution in [3.63, 3.8) is 0 Å². The third-order valence-corrected chi connectivity index (χ3v) is 9.48. The van der Waals surface area contributed by atoms with Crippen LogP contribution < -0.4 is 9.47 Å². The molecule has 63 heavy (non-hydrogen) atoms. The smallest absolute Gasteiger partial charge is 0.287 e. The van der Waals surface area contributed by atoms with E-state index in [4.69, 9.17) is 54.7 Å². The van der Waals surface area contributed by atoms with Gasteiger partial charge in [-0.05, 0) is 11.1 Å². The van der Waals surface area contributed by atoms with Crippen molar-refractivity contribution in [1.29, 1.82) is 5.41 Å². The Labute approximate surface area is 374 Å². The first-order chi connectivity index (χ1) is 30.6. The highest BCUT2D eigenvalue weighted by Gasteiger charge is 2.15. The Morgan fingerprint density at radius 1 is 0.508 bits per heavy atom. The van der Waals surface area contributed by atoms with Gasteiger partial charge < -0.3 is 9.47 Å². The number of nitro groups is 2. The summed E-state index contributed by atoms with van der Waals surface area (Å²) in [6.45, 7) is 0. The molecule has 4 aromatic heterocycles. The summed E-state index contributed by atoms with van der Waals surface area (Å²) in [5.74, 6) is 1.18. The van der Waals surface area contributed by atoms with Gasteiger partial charge in [-0.15, -0.1) is 0 Å². The lowest BCUT2D eigenvalue weighted by atomic mass is 10.0. The highest BCUT2D eigenvalue weighted by Crippen LogP contribution is 2.36. The molecule has 8 rings (SSSR count). The van der Waals surface area contributed by atoms with Gasteiger partial charge in [-0.3, -0.25) is 25.6 Å². The Bertz CT molecular complexity index is 2750. The fourth-order valence-electron chi connectivity index (χ4n) is 5.33. The Hall–Kier alpha value is -7.91. The van der Waals surface area contributed by atoms with E-state index in [-0.39, 0.29) is 55.7 Å². The SMILES string of the molecule is N=C(c1ccccc1)c1ccccc1.O=[N+]([O-])c1ccc(Oc2ccnc(Cl)c2Cl)nc1.O=[N+]([O-])c1ccc(Oc2ccnc(N=C(c3ccccc3)c3ccccc3)c2Cl)nc1. The van der Waals surface area contributed by atoms with E-state index < -0.39 is 9.85 Å². The van der Waals surface area contributed by atoms with Crippen molar-refractivity contribution >= 4 is 63.4 Å². The number of nitrogens with zero attached hydrogens (tertiary/aromatic N) is 7. The topological polar surface area (TPSA) is 193 Å². The molecule has 4 aromatic carbocycles. The number of aliphatic imine (C=N–C) groups is 1. The van der Waals surface area contributed by atoms with Gasteiger partial charge in [-0.25, -0.2) is 24.9 Å². The molecule has 0 spiro atoms. The second-order valence-electron chi connectivity index (χ2n) is 12.6. The fourth-order valence-corrected chi connectivity index (χ4v) is 5.82. The molecule has 312 valence electrons. The van der Waals surface area contributed by atoms with Gasteiger partial charge in [0, 0.05) is 59.9 Å². The van der Waals surface area contributed by atoms with Crippen LogP contribution in [0.1, 0.15) is 22.3 Å². The van der Waals surface area contributed by atoms with Gasteiger partial charge in [-0.2, -0.15) is 0 Å². The molecule has 0 aliphatic carbocycles. The fraction of sp³-hybridized carbons (Fsp3) is 0. The molecule has 0 saturated carbocycles. The second-order valence-corrected chi connectivity index (χ2v) is 13.7. The maximum Gasteiger partial charge on any atom is 0.287 e. The molecule has 4 heterocycles. The third kappa shape index (κ3) is 12.6.